The Morgan fingerprint density at radius 3 is 3.21 bits per heavy atom. The first-order valence-electron chi connectivity index (χ1n) is 5.02. The Balaban J connectivity index is 2.10. The lowest BCUT2D eigenvalue weighted by atomic mass is 10.2. The van der Waals surface area contributed by atoms with Gasteiger partial charge in [0.1, 0.15) is 0 Å². The van der Waals surface area contributed by atoms with Gasteiger partial charge in [-0.1, -0.05) is 15.9 Å². The quantitative estimate of drug-likeness (QED) is 0.776. The number of anilines is 1. The summed E-state index contributed by atoms with van der Waals surface area (Å²) in [6.07, 6.45) is 5.46. The van der Waals surface area contributed by atoms with Gasteiger partial charge in [-0.15, -0.1) is 5.10 Å². The van der Waals surface area contributed by atoms with Crippen LogP contribution in [0.4, 0.5) is 5.82 Å². The number of nitrogens with zero attached hydrogens (tertiary/aromatic N) is 3. The SMILES string of the molecule is BrCCC1CCCN1c1cccnn1. The van der Waals surface area contributed by atoms with Crippen molar-refractivity contribution in [2.75, 3.05) is 16.8 Å². The molecule has 1 aliphatic heterocycles. The van der Waals surface area contributed by atoms with Crippen LogP contribution in [0.5, 0.6) is 0 Å². The predicted octanol–water partition coefficient (Wildman–Crippen LogP) is 2.23. The highest BCUT2D eigenvalue weighted by atomic mass is 79.9. The molecule has 3 nitrogen and oxygen atoms in total. The van der Waals surface area contributed by atoms with Gasteiger partial charge in [-0.05, 0) is 31.4 Å². The molecule has 0 N–H and O–H groups in total. The number of alkyl halides is 1. The van der Waals surface area contributed by atoms with Crippen LogP contribution < -0.4 is 4.90 Å². The molecule has 14 heavy (non-hydrogen) atoms. The maximum absolute atomic E-state index is 4.15. The lowest BCUT2D eigenvalue weighted by Gasteiger charge is -2.24. The molecule has 0 aromatic carbocycles. The van der Waals surface area contributed by atoms with Crippen molar-refractivity contribution in [3.05, 3.63) is 18.3 Å². The van der Waals surface area contributed by atoms with Crippen molar-refractivity contribution in [3.8, 4) is 0 Å². The fourth-order valence-electron chi connectivity index (χ4n) is 2.01. The maximum Gasteiger partial charge on any atom is 0.151 e. The maximum atomic E-state index is 4.15. The fraction of sp³-hybridized carbons (Fsp3) is 0.600. The van der Waals surface area contributed by atoms with Crippen molar-refractivity contribution in [3.63, 3.8) is 0 Å². The van der Waals surface area contributed by atoms with E-state index in [1.807, 2.05) is 12.1 Å². The molecular formula is C10H14BrN3. The molecule has 2 rings (SSSR count). The first-order valence-corrected chi connectivity index (χ1v) is 6.14. The first-order chi connectivity index (χ1) is 6.92. The average molecular weight is 256 g/mol. The van der Waals surface area contributed by atoms with E-state index in [-0.39, 0.29) is 0 Å². The monoisotopic (exact) mass is 255 g/mol. The molecule has 0 spiro atoms. The topological polar surface area (TPSA) is 29.0 Å². The molecule has 1 aliphatic rings. The van der Waals surface area contributed by atoms with Crippen molar-refractivity contribution in [1.29, 1.82) is 0 Å². The summed E-state index contributed by atoms with van der Waals surface area (Å²) in [6, 6.07) is 4.64. The van der Waals surface area contributed by atoms with Crippen LogP contribution in [0.15, 0.2) is 18.3 Å². The Hall–Kier alpha value is -0.640. The van der Waals surface area contributed by atoms with Gasteiger partial charge in [-0.3, -0.25) is 0 Å². The minimum absolute atomic E-state index is 0.645. The second-order valence-corrected chi connectivity index (χ2v) is 4.34. The fourth-order valence-corrected chi connectivity index (χ4v) is 2.54. The summed E-state index contributed by atoms with van der Waals surface area (Å²) in [5, 5.41) is 9.14. The van der Waals surface area contributed by atoms with Gasteiger partial charge in [0, 0.05) is 24.1 Å². The normalized spacial score (nSPS) is 21.5. The molecule has 1 saturated heterocycles. The van der Waals surface area contributed by atoms with E-state index >= 15 is 0 Å². The molecule has 1 fully saturated rings. The van der Waals surface area contributed by atoms with E-state index in [0.29, 0.717) is 6.04 Å². The predicted molar refractivity (Wildman–Crippen MR) is 60.8 cm³/mol. The number of aromatic nitrogens is 2. The van der Waals surface area contributed by atoms with E-state index in [9.17, 15) is 0 Å². The summed E-state index contributed by atoms with van der Waals surface area (Å²) >= 11 is 3.50. The van der Waals surface area contributed by atoms with E-state index in [1.54, 1.807) is 6.20 Å². The van der Waals surface area contributed by atoms with Crippen LogP contribution >= 0.6 is 15.9 Å². The zero-order chi connectivity index (χ0) is 9.80. The highest BCUT2D eigenvalue weighted by Crippen LogP contribution is 2.25. The zero-order valence-electron chi connectivity index (χ0n) is 8.06. The summed E-state index contributed by atoms with van der Waals surface area (Å²) in [4.78, 5) is 2.37. The molecule has 1 aromatic heterocycles. The first kappa shape index (κ1) is 9.90. The number of hydrogen-bond acceptors (Lipinski definition) is 3. The molecule has 0 amide bonds. The third-order valence-electron chi connectivity index (χ3n) is 2.67. The van der Waals surface area contributed by atoms with E-state index in [1.165, 1.54) is 19.3 Å². The van der Waals surface area contributed by atoms with Crippen LogP contribution in [-0.2, 0) is 0 Å². The van der Waals surface area contributed by atoms with Gasteiger partial charge in [0.25, 0.3) is 0 Å². The minimum Gasteiger partial charge on any atom is -0.352 e. The van der Waals surface area contributed by atoms with E-state index in [0.717, 1.165) is 17.7 Å². The summed E-state index contributed by atoms with van der Waals surface area (Å²) in [7, 11) is 0. The largest absolute Gasteiger partial charge is 0.352 e. The third kappa shape index (κ3) is 2.05. The van der Waals surface area contributed by atoms with Crippen LogP contribution in [-0.4, -0.2) is 28.1 Å². The third-order valence-corrected chi connectivity index (χ3v) is 3.13. The second kappa shape index (κ2) is 4.73. The summed E-state index contributed by atoms with van der Waals surface area (Å²) in [5.41, 5.74) is 0. The lowest BCUT2D eigenvalue weighted by molar-refractivity contribution is 0.644. The summed E-state index contributed by atoms with van der Waals surface area (Å²) < 4.78 is 0. The van der Waals surface area contributed by atoms with Gasteiger partial charge >= 0.3 is 0 Å². The highest BCUT2D eigenvalue weighted by Gasteiger charge is 2.24. The van der Waals surface area contributed by atoms with Crippen LogP contribution in [0.25, 0.3) is 0 Å². The number of rotatable bonds is 3. The molecule has 0 aliphatic carbocycles. The molecule has 1 unspecified atom stereocenters. The van der Waals surface area contributed by atoms with E-state index in [4.69, 9.17) is 0 Å². The Kier molecular flexibility index (Phi) is 3.35. The Morgan fingerprint density at radius 2 is 2.50 bits per heavy atom. The number of hydrogen-bond donors (Lipinski definition) is 0. The minimum atomic E-state index is 0.645. The van der Waals surface area contributed by atoms with E-state index in [2.05, 4.69) is 31.0 Å². The van der Waals surface area contributed by atoms with Crippen molar-refractivity contribution < 1.29 is 0 Å². The standard InChI is InChI=1S/C10H14BrN3/c11-6-5-9-3-2-8-14(9)10-4-1-7-12-13-10/h1,4,7,9H,2-3,5-6,8H2. The molecule has 4 heteroatoms. The van der Waals surface area contributed by atoms with Gasteiger partial charge in [0.2, 0.25) is 0 Å². The van der Waals surface area contributed by atoms with Crippen molar-refractivity contribution in [2.45, 2.75) is 25.3 Å². The molecule has 0 saturated carbocycles. The summed E-state index contributed by atoms with van der Waals surface area (Å²) in [5.74, 6) is 1.02. The zero-order valence-corrected chi connectivity index (χ0v) is 9.65. The van der Waals surface area contributed by atoms with Gasteiger partial charge in [-0.25, -0.2) is 0 Å². The van der Waals surface area contributed by atoms with Gasteiger partial charge in [0.05, 0.1) is 0 Å². The number of halogens is 1. The molecule has 2 heterocycles. The van der Waals surface area contributed by atoms with Gasteiger partial charge in [-0.2, -0.15) is 5.10 Å². The molecule has 1 atom stereocenters. The molecular weight excluding hydrogens is 242 g/mol. The van der Waals surface area contributed by atoms with Crippen molar-refractivity contribution >= 4 is 21.7 Å². The van der Waals surface area contributed by atoms with Gasteiger partial charge in [0.15, 0.2) is 5.82 Å². The lowest BCUT2D eigenvalue weighted by Crippen LogP contribution is -2.30. The van der Waals surface area contributed by atoms with Crippen LogP contribution in [0.1, 0.15) is 19.3 Å². The Labute approximate surface area is 92.7 Å². The van der Waals surface area contributed by atoms with Crippen LogP contribution in [0.2, 0.25) is 0 Å². The highest BCUT2D eigenvalue weighted by molar-refractivity contribution is 9.09. The average Bonchev–Trinajstić information content (AvgIpc) is 2.68. The molecule has 0 radical (unpaired) electrons. The van der Waals surface area contributed by atoms with Crippen molar-refractivity contribution in [1.82, 2.24) is 10.2 Å². The molecule has 0 bridgehead atoms. The molecule has 1 aromatic rings. The van der Waals surface area contributed by atoms with E-state index < -0.39 is 0 Å². The smallest absolute Gasteiger partial charge is 0.151 e. The summed E-state index contributed by atoms with van der Waals surface area (Å²) in [6.45, 7) is 1.12. The van der Waals surface area contributed by atoms with Gasteiger partial charge < -0.3 is 4.90 Å². The molecule has 76 valence electrons. The Bertz CT molecular complexity index is 278. The Morgan fingerprint density at radius 1 is 1.57 bits per heavy atom. The van der Waals surface area contributed by atoms with Crippen LogP contribution in [0.3, 0.4) is 0 Å². The second-order valence-electron chi connectivity index (χ2n) is 3.55. The van der Waals surface area contributed by atoms with Crippen LogP contribution in [0, 0.1) is 0 Å². The van der Waals surface area contributed by atoms with Crippen molar-refractivity contribution in [2.24, 2.45) is 0 Å².